The van der Waals surface area contributed by atoms with Crippen molar-refractivity contribution in [2.75, 3.05) is 0 Å². The molecule has 0 fully saturated rings. The number of nitrogens with two attached hydrogens (primary N) is 1. The summed E-state index contributed by atoms with van der Waals surface area (Å²) in [7, 11) is 0. The van der Waals surface area contributed by atoms with Gasteiger partial charge in [0.25, 0.3) is 0 Å². The molecule has 3 heteroatoms. The number of benzene rings is 2. The third-order valence-corrected chi connectivity index (χ3v) is 2.85. The SMILES string of the molecule is NC(=O)c1ccccc1CCc1cccc(F)c1. The monoisotopic (exact) mass is 243 g/mol. The van der Waals surface area contributed by atoms with Crippen molar-refractivity contribution in [2.24, 2.45) is 5.73 Å². The van der Waals surface area contributed by atoms with Gasteiger partial charge >= 0.3 is 0 Å². The molecule has 0 aliphatic heterocycles. The van der Waals surface area contributed by atoms with Crippen molar-refractivity contribution in [1.82, 2.24) is 0 Å². The third-order valence-electron chi connectivity index (χ3n) is 2.85. The summed E-state index contributed by atoms with van der Waals surface area (Å²) in [6, 6.07) is 13.7. The Kier molecular flexibility index (Phi) is 3.72. The van der Waals surface area contributed by atoms with E-state index in [-0.39, 0.29) is 5.82 Å². The normalized spacial score (nSPS) is 10.3. The highest BCUT2D eigenvalue weighted by Gasteiger charge is 2.07. The molecule has 0 aliphatic rings. The maximum absolute atomic E-state index is 13.0. The van der Waals surface area contributed by atoms with Crippen molar-refractivity contribution in [1.29, 1.82) is 0 Å². The minimum atomic E-state index is -0.426. The van der Waals surface area contributed by atoms with Crippen LogP contribution in [0.4, 0.5) is 4.39 Å². The predicted molar refractivity (Wildman–Crippen MR) is 68.8 cm³/mol. The number of carbonyl (C=O) groups excluding carboxylic acids is 1. The average Bonchev–Trinajstić information content (AvgIpc) is 2.37. The summed E-state index contributed by atoms with van der Waals surface area (Å²) in [6.07, 6.45) is 1.35. The van der Waals surface area contributed by atoms with Gasteiger partial charge in [0.2, 0.25) is 5.91 Å². The second-order valence-corrected chi connectivity index (χ2v) is 4.15. The number of rotatable bonds is 4. The molecular weight excluding hydrogens is 229 g/mol. The smallest absolute Gasteiger partial charge is 0.248 e. The first-order chi connectivity index (χ1) is 8.66. The largest absolute Gasteiger partial charge is 0.366 e. The van der Waals surface area contributed by atoms with Gasteiger partial charge in [0.1, 0.15) is 5.82 Å². The molecule has 18 heavy (non-hydrogen) atoms. The summed E-state index contributed by atoms with van der Waals surface area (Å²) in [6.45, 7) is 0. The topological polar surface area (TPSA) is 43.1 Å². The van der Waals surface area contributed by atoms with Crippen LogP contribution in [0.25, 0.3) is 0 Å². The molecule has 0 radical (unpaired) electrons. The molecule has 92 valence electrons. The fraction of sp³-hybridized carbons (Fsp3) is 0.133. The van der Waals surface area contributed by atoms with Crippen LogP contribution in [0.3, 0.4) is 0 Å². The van der Waals surface area contributed by atoms with Crippen LogP contribution in [0, 0.1) is 5.82 Å². The molecule has 0 heterocycles. The molecule has 2 aromatic rings. The lowest BCUT2D eigenvalue weighted by atomic mass is 9.99. The predicted octanol–water partition coefficient (Wildman–Crippen LogP) is 2.71. The number of hydrogen-bond acceptors (Lipinski definition) is 1. The Morgan fingerprint density at radius 3 is 2.56 bits per heavy atom. The van der Waals surface area contributed by atoms with Crippen molar-refractivity contribution in [3.8, 4) is 0 Å². The van der Waals surface area contributed by atoms with E-state index < -0.39 is 5.91 Å². The van der Waals surface area contributed by atoms with Crippen LogP contribution in [0.1, 0.15) is 21.5 Å². The van der Waals surface area contributed by atoms with E-state index in [1.807, 2.05) is 18.2 Å². The van der Waals surface area contributed by atoms with Crippen LogP contribution in [-0.2, 0) is 12.8 Å². The van der Waals surface area contributed by atoms with Crippen LogP contribution < -0.4 is 5.73 Å². The summed E-state index contributed by atoms with van der Waals surface area (Å²) in [5, 5.41) is 0. The van der Waals surface area contributed by atoms with Crippen LogP contribution in [0.15, 0.2) is 48.5 Å². The Hall–Kier alpha value is -2.16. The molecule has 0 saturated heterocycles. The second kappa shape index (κ2) is 5.45. The van der Waals surface area contributed by atoms with Gasteiger partial charge in [-0.2, -0.15) is 0 Å². The summed E-state index contributed by atoms with van der Waals surface area (Å²) in [5.41, 5.74) is 7.65. The number of primary amides is 1. The first-order valence-electron chi connectivity index (χ1n) is 5.79. The molecule has 2 rings (SSSR count). The lowest BCUT2D eigenvalue weighted by Crippen LogP contribution is -2.13. The molecule has 0 spiro atoms. The highest BCUT2D eigenvalue weighted by molar-refractivity contribution is 5.94. The standard InChI is InChI=1S/C15H14FNO/c16-13-6-3-4-11(10-13)8-9-12-5-1-2-7-14(12)15(17)18/h1-7,10H,8-9H2,(H2,17,18). The van der Waals surface area contributed by atoms with Gasteiger partial charge in [0.05, 0.1) is 0 Å². The Labute approximate surface area is 105 Å². The van der Waals surface area contributed by atoms with E-state index in [0.717, 1.165) is 11.1 Å². The fourth-order valence-corrected chi connectivity index (χ4v) is 1.95. The Balaban J connectivity index is 2.13. The molecule has 0 saturated carbocycles. The average molecular weight is 243 g/mol. The van der Waals surface area contributed by atoms with Gasteiger partial charge in [-0.3, -0.25) is 4.79 Å². The number of aryl methyl sites for hydroxylation is 2. The Morgan fingerprint density at radius 2 is 1.83 bits per heavy atom. The van der Waals surface area contributed by atoms with Gasteiger partial charge in [-0.25, -0.2) is 4.39 Å². The van der Waals surface area contributed by atoms with Gasteiger partial charge in [-0.15, -0.1) is 0 Å². The minimum Gasteiger partial charge on any atom is -0.366 e. The molecule has 2 nitrogen and oxygen atoms in total. The lowest BCUT2D eigenvalue weighted by molar-refractivity contribution is 0.0999. The van der Waals surface area contributed by atoms with Crippen molar-refractivity contribution >= 4 is 5.91 Å². The van der Waals surface area contributed by atoms with E-state index in [9.17, 15) is 9.18 Å². The maximum atomic E-state index is 13.0. The second-order valence-electron chi connectivity index (χ2n) is 4.15. The fourth-order valence-electron chi connectivity index (χ4n) is 1.95. The van der Waals surface area contributed by atoms with E-state index in [1.54, 1.807) is 18.2 Å². The van der Waals surface area contributed by atoms with Crippen molar-refractivity contribution in [3.63, 3.8) is 0 Å². The van der Waals surface area contributed by atoms with Crippen molar-refractivity contribution in [3.05, 3.63) is 71.0 Å². The van der Waals surface area contributed by atoms with Crippen molar-refractivity contribution in [2.45, 2.75) is 12.8 Å². The van der Waals surface area contributed by atoms with Gasteiger partial charge in [-0.05, 0) is 42.2 Å². The molecule has 0 atom stereocenters. The molecule has 0 aromatic heterocycles. The molecule has 1 amide bonds. The molecule has 0 bridgehead atoms. The van der Waals surface area contributed by atoms with E-state index in [2.05, 4.69) is 0 Å². The molecule has 2 N–H and O–H groups in total. The zero-order chi connectivity index (χ0) is 13.0. The van der Waals surface area contributed by atoms with Gasteiger partial charge in [-0.1, -0.05) is 30.3 Å². The van der Waals surface area contributed by atoms with Crippen molar-refractivity contribution < 1.29 is 9.18 Å². The third kappa shape index (κ3) is 2.94. The van der Waals surface area contributed by atoms with Gasteiger partial charge < -0.3 is 5.73 Å². The van der Waals surface area contributed by atoms with Gasteiger partial charge in [0, 0.05) is 5.56 Å². The summed E-state index contributed by atoms with van der Waals surface area (Å²) >= 11 is 0. The van der Waals surface area contributed by atoms with E-state index in [0.29, 0.717) is 18.4 Å². The summed E-state index contributed by atoms with van der Waals surface area (Å²) in [4.78, 5) is 11.2. The highest BCUT2D eigenvalue weighted by atomic mass is 19.1. The van der Waals surface area contributed by atoms with E-state index in [4.69, 9.17) is 5.73 Å². The van der Waals surface area contributed by atoms with Crippen LogP contribution >= 0.6 is 0 Å². The Morgan fingerprint density at radius 1 is 1.06 bits per heavy atom. The molecule has 0 unspecified atom stereocenters. The minimum absolute atomic E-state index is 0.240. The number of halogens is 1. The molecule has 0 aliphatic carbocycles. The van der Waals surface area contributed by atoms with Gasteiger partial charge in [0.15, 0.2) is 0 Å². The summed E-state index contributed by atoms with van der Waals surface area (Å²) < 4.78 is 13.0. The first kappa shape index (κ1) is 12.3. The maximum Gasteiger partial charge on any atom is 0.248 e. The van der Waals surface area contributed by atoms with Crippen LogP contribution in [-0.4, -0.2) is 5.91 Å². The number of hydrogen-bond donors (Lipinski definition) is 1. The van der Waals surface area contributed by atoms with E-state index in [1.165, 1.54) is 12.1 Å². The van der Waals surface area contributed by atoms with Crippen LogP contribution in [0.5, 0.6) is 0 Å². The summed E-state index contributed by atoms with van der Waals surface area (Å²) in [5.74, 6) is -0.666. The Bertz CT molecular complexity index is 566. The quantitative estimate of drug-likeness (QED) is 0.881. The molecular formula is C15H14FNO. The first-order valence-corrected chi connectivity index (χ1v) is 5.79. The molecule has 2 aromatic carbocycles. The zero-order valence-electron chi connectivity index (χ0n) is 9.90. The highest BCUT2D eigenvalue weighted by Crippen LogP contribution is 2.13. The lowest BCUT2D eigenvalue weighted by Gasteiger charge is -2.06. The van der Waals surface area contributed by atoms with Crippen LogP contribution in [0.2, 0.25) is 0 Å². The number of carbonyl (C=O) groups is 1. The number of amides is 1. The van der Waals surface area contributed by atoms with E-state index >= 15 is 0 Å². The zero-order valence-corrected chi connectivity index (χ0v) is 9.90.